The minimum atomic E-state index is -4.58. The molecule has 0 N–H and O–H groups in total. The molecule has 0 radical (unpaired) electrons. The van der Waals surface area contributed by atoms with Crippen LogP contribution in [0, 0.1) is 0 Å². The van der Waals surface area contributed by atoms with Crippen molar-refractivity contribution in [1.29, 1.82) is 0 Å². The summed E-state index contributed by atoms with van der Waals surface area (Å²) in [5.74, 6) is -1.26. The molecular formula is C8H15F3N2OSi. The number of halogens is 3. The van der Waals surface area contributed by atoms with Crippen LogP contribution in [0.4, 0.5) is 13.2 Å². The van der Waals surface area contributed by atoms with Crippen molar-refractivity contribution < 1.29 is 17.6 Å². The zero-order chi connectivity index (χ0) is 12.3. The molecule has 0 bridgehead atoms. The largest absolute Gasteiger partial charge is 0.527 e. The summed E-state index contributed by atoms with van der Waals surface area (Å²) in [6, 6.07) is 0. The first-order chi connectivity index (χ1) is 6.52. The lowest BCUT2D eigenvalue weighted by Gasteiger charge is -2.20. The van der Waals surface area contributed by atoms with E-state index >= 15 is 0 Å². The van der Waals surface area contributed by atoms with Crippen LogP contribution >= 0.6 is 0 Å². The van der Waals surface area contributed by atoms with Gasteiger partial charge in [-0.05, 0) is 33.5 Å². The second-order valence-electron chi connectivity index (χ2n) is 4.16. The van der Waals surface area contributed by atoms with Crippen molar-refractivity contribution in [2.24, 2.45) is 10.2 Å². The lowest BCUT2D eigenvalue weighted by molar-refractivity contribution is -0.0717. The molecule has 0 aromatic heterocycles. The predicted molar refractivity (Wildman–Crippen MR) is 56.7 cm³/mol. The fraction of sp³-hybridized carbons (Fsp3) is 0.750. The van der Waals surface area contributed by atoms with E-state index in [-0.39, 0.29) is 0 Å². The lowest BCUT2D eigenvalue weighted by Crippen LogP contribution is -2.36. The van der Waals surface area contributed by atoms with Crippen molar-refractivity contribution in [3.8, 4) is 0 Å². The summed E-state index contributed by atoms with van der Waals surface area (Å²) in [6.07, 6.45) is -4.58. The molecule has 0 unspecified atom stereocenters. The Morgan fingerprint density at radius 1 is 1.07 bits per heavy atom. The highest BCUT2D eigenvalue weighted by Crippen LogP contribution is 2.21. The van der Waals surface area contributed by atoms with Crippen LogP contribution in [-0.2, 0) is 4.43 Å². The molecule has 88 valence electrons. The average Bonchev–Trinajstić information content (AvgIpc) is 1.93. The van der Waals surface area contributed by atoms with Crippen LogP contribution in [-0.4, -0.2) is 26.1 Å². The molecule has 0 saturated carbocycles. The van der Waals surface area contributed by atoms with E-state index in [1.54, 1.807) is 33.5 Å². The molecule has 0 aliphatic heterocycles. The maximum atomic E-state index is 12.4. The third-order valence-corrected chi connectivity index (χ3v) is 1.79. The van der Waals surface area contributed by atoms with Crippen LogP contribution in [0.1, 0.15) is 13.8 Å². The number of alkyl halides is 3. The molecule has 0 aromatic rings. The molecule has 0 fully saturated rings. The zero-order valence-corrected chi connectivity index (χ0v) is 10.4. The van der Waals surface area contributed by atoms with Crippen LogP contribution in [0.15, 0.2) is 10.2 Å². The Kier molecular flexibility index (Phi) is 4.51. The summed E-state index contributed by atoms with van der Waals surface area (Å²) >= 11 is 0. The Labute approximate surface area is 88.2 Å². The maximum Gasteiger partial charge on any atom is 0.468 e. The van der Waals surface area contributed by atoms with E-state index in [0.29, 0.717) is 5.71 Å². The van der Waals surface area contributed by atoms with Crippen LogP contribution in [0.2, 0.25) is 19.6 Å². The van der Waals surface area contributed by atoms with Crippen LogP contribution in [0.3, 0.4) is 0 Å². The Morgan fingerprint density at radius 2 is 1.53 bits per heavy atom. The Balaban J connectivity index is 4.93. The molecule has 3 nitrogen and oxygen atoms in total. The van der Waals surface area contributed by atoms with Gasteiger partial charge in [0.25, 0.3) is 0 Å². The molecule has 0 amide bonds. The Bertz CT molecular complexity index is 275. The van der Waals surface area contributed by atoms with Crippen molar-refractivity contribution in [2.75, 3.05) is 0 Å². The number of nitrogens with zero attached hydrogens (tertiary/aromatic N) is 2. The quantitative estimate of drug-likeness (QED) is 0.316. The third-order valence-electron chi connectivity index (χ3n) is 0.986. The van der Waals surface area contributed by atoms with E-state index in [1.807, 2.05) is 0 Å². The number of hydrogen-bond donors (Lipinski definition) is 0. The second-order valence-corrected chi connectivity index (χ2v) is 8.59. The average molecular weight is 240 g/mol. The standard InChI is InChI=1S/C8H15F3N2OSi/c1-6(2)12-13-7(8(9,10)11)14-15(3,4)5/h1-5H3/b13-7+. The monoisotopic (exact) mass is 240 g/mol. The summed E-state index contributed by atoms with van der Waals surface area (Å²) in [6.45, 7) is 8.07. The predicted octanol–water partition coefficient (Wildman–Crippen LogP) is 3.19. The highest BCUT2D eigenvalue weighted by Gasteiger charge is 2.41. The van der Waals surface area contributed by atoms with E-state index in [2.05, 4.69) is 10.2 Å². The fourth-order valence-electron chi connectivity index (χ4n) is 0.570. The van der Waals surface area contributed by atoms with E-state index < -0.39 is 20.4 Å². The molecule has 7 heteroatoms. The minimum absolute atomic E-state index is 0.441. The highest BCUT2D eigenvalue weighted by molar-refractivity contribution is 6.71. The van der Waals surface area contributed by atoms with Crippen molar-refractivity contribution in [3.05, 3.63) is 0 Å². The van der Waals surface area contributed by atoms with E-state index in [0.717, 1.165) is 0 Å². The highest BCUT2D eigenvalue weighted by atomic mass is 28.4. The minimum Gasteiger partial charge on any atom is -0.527 e. The van der Waals surface area contributed by atoms with Crippen molar-refractivity contribution in [3.63, 3.8) is 0 Å². The molecule has 0 atom stereocenters. The summed E-state index contributed by atoms with van der Waals surface area (Å²) in [7, 11) is -2.32. The summed E-state index contributed by atoms with van der Waals surface area (Å²) in [5, 5.41) is 6.43. The van der Waals surface area contributed by atoms with Gasteiger partial charge in [-0.1, -0.05) is 0 Å². The summed E-state index contributed by atoms with van der Waals surface area (Å²) in [5.41, 5.74) is 0.441. The van der Waals surface area contributed by atoms with Gasteiger partial charge in [0.2, 0.25) is 8.32 Å². The fourth-order valence-corrected chi connectivity index (χ4v) is 1.31. The number of rotatable bonds is 2. The van der Waals surface area contributed by atoms with Gasteiger partial charge in [0, 0.05) is 5.71 Å². The van der Waals surface area contributed by atoms with Gasteiger partial charge in [-0.3, -0.25) is 0 Å². The molecule has 15 heavy (non-hydrogen) atoms. The van der Waals surface area contributed by atoms with Crippen molar-refractivity contribution >= 4 is 19.9 Å². The Hall–Kier alpha value is -0.853. The van der Waals surface area contributed by atoms with Gasteiger partial charge in [-0.25, -0.2) is 0 Å². The molecular weight excluding hydrogens is 225 g/mol. The van der Waals surface area contributed by atoms with Gasteiger partial charge in [0.15, 0.2) is 0 Å². The van der Waals surface area contributed by atoms with E-state index in [9.17, 15) is 13.2 Å². The SMILES string of the molecule is CC(C)=N/N=C(/O[Si](C)(C)C)C(F)(F)F. The maximum absolute atomic E-state index is 12.4. The summed E-state index contributed by atoms with van der Waals surface area (Å²) < 4.78 is 42.0. The van der Waals surface area contributed by atoms with Crippen LogP contribution < -0.4 is 0 Å². The summed E-state index contributed by atoms with van der Waals surface area (Å²) in [4.78, 5) is 0. The van der Waals surface area contributed by atoms with Crippen molar-refractivity contribution in [1.82, 2.24) is 0 Å². The van der Waals surface area contributed by atoms with Gasteiger partial charge >= 0.3 is 12.1 Å². The molecule has 0 aliphatic rings. The Morgan fingerprint density at radius 3 is 1.80 bits per heavy atom. The zero-order valence-electron chi connectivity index (χ0n) is 9.44. The molecule has 0 spiro atoms. The lowest BCUT2D eigenvalue weighted by atomic mass is 10.5. The molecule has 0 rings (SSSR count). The van der Waals surface area contributed by atoms with E-state index in [4.69, 9.17) is 4.43 Å². The third kappa shape index (κ3) is 7.12. The normalized spacial score (nSPS) is 13.7. The molecule has 0 saturated heterocycles. The van der Waals surface area contributed by atoms with Gasteiger partial charge < -0.3 is 4.43 Å². The van der Waals surface area contributed by atoms with Crippen molar-refractivity contribution in [2.45, 2.75) is 39.7 Å². The molecule has 0 aliphatic carbocycles. The van der Waals surface area contributed by atoms with Crippen LogP contribution in [0.25, 0.3) is 0 Å². The molecule has 0 aromatic carbocycles. The second kappa shape index (κ2) is 4.78. The van der Waals surface area contributed by atoms with Gasteiger partial charge in [0.05, 0.1) is 0 Å². The van der Waals surface area contributed by atoms with Gasteiger partial charge in [-0.15, -0.1) is 5.10 Å². The first-order valence-corrected chi connectivity index (χ1v) is 7.78. The van der Waals surface area contributed by atoms with E-state index in [1.165, 1.54) is 0 Å². The molecule has 0 heterocycles. The topological polar surface area (TPSA) is 34.0 Å². The first kappa shape index (κ1) is 14.1. The van der Waals surface area contributed by atoms with Gasteiger partial charge in [-0.2, -0.15) is 18.3 Å². The van der Waals surface area contributed by atoms with Crippen LogP contribution in [0.5, 0.6) is 0 Å². The first-order valence-electron chi connectivity index (χ1n) is 4.37. The smallest absolute Gasteiger partial charge is 0.468 e. The number of hydrogen-bond acceptors (Lipinski definition) is 3. The van der Waals surface area contributed by atoms with Gasteiger partial charge in [0.1, 0.15) is 0 Å².